The molecule has 2 bridgehead atoms. The van der Waals surface area contributed by atoms with E-state index in [9.17, 15) is 19.1 Å². The first-order valence-electron chi connectivity index (χ1n) is 8.37. The molecule has 1 saturated carbocycles. The predicted octanol–water partition coefficient (Wildman–Crippen LogP) is 2.38. The molecule has 1 N–H and O–H groups in total. The summed E-state index contributed by atoms with van der Waals surface area (Å²) < 4.78 is 13.1. The van der Waals surface area contributed by atoms with Crippen LogP contribution < -0.4 is 10.4 Å². The molecule has 0 spiro atoms. The zero-order chi connectivity index (χ0) is 18.4. The number of aromatic nitrogens is 1. The Kier molecular flexibility index (Phi) is 4.11. The van der Waals surface area contributed by atoms with E-state index in [1.165, 1.54) is 23.5 Å². The van der Waals surface area contributed by atoms with Crippen LogP contribution in [0, 0.1) is 36.4 Å². The number of carboxylic acid groups (broad SMARTS) is 1. The third kappa shape index (κ3) is 2.82. The molecule has 2 aliphatic rings. The van der Waals surface area contributed by atoms with Crippen LogP contribution in [-0.4, -0.2) is 16.9 Å². The highest BCUT2D eigenvalue weighted by Crippen LogP contribution is 2.48. The van der Waals surface area contributed by atoms with Crippen LogP contribution in [0.5, 0.6) is 0 Å². The van der Waals surface area contributed by atoms with E-state index in [0.717, 1.165) is 10.4 Å². The maximum absolute atomic E-state index is 13.1. The molecule has 2 aliphatic carbocycles. The Morgan fingerprint density at radius 3 is 2.50 bits per heavy atom. The summed E-state index contributed by atoms with van der Waals surface area (Å²) in [5, 5.41) is 14.6. The van der Waals surface area contributed by atoms with Gasteiger partial charge in [-0.25, -0.2) is 9.37 Å². The Balaban J connectivity index is 1.55. The van der Waals surface area contributed by atoms with E-state index in [4.69, 9.17) is 0 Å². The summed E-state index contributed by atoms with van der Waals surface area (Å²) in [7, 11) is 0. The summed E-state index contributed by atoms with van der Waals surface area (Å²) in [5.74, 6) is -3.46. The van der Waals surface area contributed by atoms with Crippen molar-refractivity contribution < 1.29 is 19.1 Å². The first-order valence-corrected chi connectivity index (χ1v) is 9.19. The highest BCUT2D eigenvalue weighted by molar-refractivity contribution is 7.16. The van der Waals surface area contributed by atoms with E-state index in [2.05, 4.69) is 10.3 Å². The number of carbonyl (C=O) groups is 2. The molecule has 0 radical (unpaired) electrons. The van der Waals surface area contributed by atoms with Gasteiger partial charge in [0.2, 0.25) is 5.91 Å². The van der Waals surface area contributed by atoms with Crippen molar-refractivity contribution in [3.63, 3.8) is 0 Å². The Morgan fingerprint density at radius 1 is 1.19 bits per heavy atom. The summed E-state index contributed by atoms with van der Waals surface area (Å²) in [4.78, 5) is 29.5. The first kappa shape index (κ1) is 16.9. The monoisotopic (exact) mass is 371 g/mol. The summed E-state index contributed by atoms with van der Waals surface area (Å²) in [6.07, 6.45) is 4.47. The number of aryl methyl sites for hydroxylation is 1. The summed E-state index contributed by atoms with van der Waals surface area (Å²) in [6.45, 7) is 1.87. The first-order chi connectivity index (χ1) is 12.4. The third-order valence-electron chi connectivity index (χ3n) is 5.18. The number of anilines is 1. The number of rotatable bonds is 4. The van der Waals surface area contributed by atoms with E-state index in [0.29, 0.717) is 17.2 Å². The molecule has 1 amide bonds. The van der Waals surface area contributed by atoms with E-state index in [-0.39, 0.29) is 23.6 Å². The van der Waals surface area contributed by atoms with E-state index >= 15 is 0 Å². The molecule has 1 aromatic carbocycles. The molecule has 4 rings (SSSR count). The molecule has 4 atom stereocenters. The van der Waals surface area contributed by atoms with E-state index < -0.39 is 17.8 Å². The highest BCUT2D eigenvalue weighted by atomic mass is 32.1. The van der Waals surface area contributed by atoms with Gasteiger partial charge in [0.25, 0.3) is 0 Å². The van der Waals surface area contributed by atoms with Crippen molar-refractivity contribution in [3.05, 3.63) is 47.1 Å². The normalized spacial score (nSPS) is 26.2. The van der Waals surface area contributed by atoms with Gasteiger partial charge < -0.3 is 15.2 Å². The lowest BCUT2D eigenvalue weighted by molar-refractivity contribution is -0.313. The number of benzene rings is 1. The van der Waals surface area contributed by atoms with Crippen LogP contribution in [0.15, 0.2) is 36.4 Å². The van der Waals surface area contributed by atoms with Crippen molar-refractivity contribution in [2.45, 2.75) is 13.3 Å². The Hall–Kier alpha value is -2.54. The SMILES string of the molecule is Cc1sc(NC(=O)[C@@H]2[C@@H](C(=O)[O-])[C@H]3C=C[C@@H]2C3)nc1-c1ccc(F)cc1. The van der Waals surface area contributed by atoms with Crippen molar-refractivity contribution in [3.8, 4) is 11.3 Å². The molecular weight excluding hydrogens is 355 g/mol. The van der Waals surface area contributed by atoms with Crippen LogP contribution in [0.3, 0.4) is 0 Å². The van der Waals surface area contributed by atoms with Crippen LogP contribution >= 0.6 is 11.3 Å². The smallest absolute Gasteiger partial charge is 0.230 e. The zero-order valence-corrected chi connectivity index (χ0v) is 14.8. The second-order valence-corrected chi connectivity index (χ2v) is 7.94. The van der Waals surface area contributed by atoms with Crippen LogP contribution in [0.25, 0.3) is 11.3 Å². The third-order valence-corrected chi connectivity index (χ3v) is 6.06. The minimum absolute atomic E-state index is 0.0690. The summed E-state index contributed by atoms with van der Waals surface area (Å²) in [6, 6.07) is 5.99. The zero-order valence-electron chi connectivity index (χ0n) is 13.9. The van der Waals surface area contributed by atoms with Gasteiger partial charge in [0.1, 0.15) is 5.82 Å². The number of amides is 1. The fourth-order valence-electron chi connectivity index (χ4n) is 4.02. The van der Waals surface area contributed by atoms with Crippen molar-refractivity contribution in [2.75, 3.05) is 5.32 Å². The van der Waals surface area contributed by atoms with Gasteiger partial charge in [-0.2, -0.15) is 0 Å². The van der Waals surface area contributed by atoms with Crippen molar-refractivity contribution in [2.24, 2.45) is 23.7 Å². The number of carboxylic acids is 1. The molecule has 1 fully saturated rings. The lowest BCUT2D eigenvalue weighted by Crippen LogP contribution is -2.42. The fraction of sp³-hybridized carbons (Fsp3) is 0.316. The molecule has 26 heavy (non-hydrogen) atoms. The molecule has 1 aromatic heterocycles. The number of nitrogens with zero attached hydrogens (tertiary/aromatic N) is 1. The number of aliphatic carboxylic acids is 1. The van der Waals surface area contributed by atoms with Crippen molar-refractivity contribution in [1.29, 1.82) is 0 Å². The quantitative estimate of drug-likeness (QED) is 0.837. The van der Waals surface area contributed by atoms with E-state index in [1.807, 2.05) is 19.1 Å². The van der Waals surface area contributed by atoms with Gasteiger partial charge in [0, 0.05) is 22.3 Å². The van der Waals surface area contributed by atoms with Gasteiger partial charge >= 0.3 is 0 Å². The maximum Gasteiger partial charge on any atom is 0.230 e. The van der Waals surface area contributed by atoms with Crippen LogP contribution in [-0.2, 0) is 9.59 Å². The Labute approximate surface area is 153 Å². The number of hydrogen-bond donors (Lipinski definition) is 1. The summed E-state index contributed by atoms with van der Waals surface area (Å²) in [5.41, 5.74) is 1.44. The highest BCUT2D eigenvalue weighted by Gasteiger charge is 2.48. The molecular formula is C19H16FN2O3S-. The number of carbonyl (C=O) groups excluding carboxylic acids is 2. The number of hydrogen-bond acceptors (Lipinski definition) is 5. The minimum atomic E-state index is -1.18. The number of fused-ring (bicyclic) bond motifs is 2. The molecule has 2 aromatic rings. The molecule has 0 saturated heterocycles. The van der Waals surface area contributed by atoms with Gasteiger partial charge in [-0.15, -0.1) is 11.3 Å². The predicted molar refractivity (Wildman–Crippen MR) is 93.6 cm³/mol. The van der Waals surface area contributed by atoms with Gasteiger partial charge in [-0.3, -0.25) is 4.79 Å². The minimum Gasteiger partial charge on any atom is -0.550 e. The molecule has 0 unspecified atom stereocenters. The van der Waals surface area contributed by atoms with Crippen LogP contribution in [0.4, 0.5) is 9.52 Å². The standard InChI is InChI=1S/C19H17FN2O3S/c1-9-16(10-4-6-13(20)7-5-10)21-19(26-9)22-17(23)14-11-2-3-12(8-11)15(14)18(24)25/h2-7,11-12,14-15H,8H2,1H3,(H,24,25)(H,21,22,23)/p-1/t11-,12+,14+,15+/m1/s1. The topological polar surface area (TPSA) is 82.1 Å². The largest absolute Gasteiger partial charge is 0.550 e. The van der Waals surface area contributed by atoms with Crippen molar-refractivity contribution in [1.82, 2.24) is 4.98 Å². The van der Waals surface area contributed by atoms with Crippen molar-refractivity contribution >= 4 is 28.3 Å². The summed E-state index contributed by atoms with van der Waals surface area (Å²) >= 11 is 1.31. The molecule has 5 nitrogen and oxygen atoms in total. The van der Waals surface area contributed by atoms with Gasteiger partial charge in [0.05, 0.1) is 11.6 Å². The Morgan fingerprint density at radius 2 is 1.85 bits per heavy atom. The van der Waals surface area contributed by atoms with Crippen LogP contribution in [0.1, 0.15) is 11.3 Å². The number of thiazole rings is 1. The fourth-order valence-corrected chi connectivity index (χ4v) is 4.85. The number of nitrogens with one attached hydrogen (secondary N) is 1. The molecule has 1 heterocycles. The number of halogens is 1. The average Bonchev–Trinajstić information content (AvgIpc) is 3.29. The Bertz CT molecular complexity index is 906. The molecule has 7 heteroatoms. The maximum atomic E-state index is 13.1. The average molecular weight is 371 g/mol. The van der Waals surface area contributed by atoms with Gasteiger partial charge in [-0.1, -0.05) is 12.2 Å². The van der Waals surface area contributed by atoms with Gasteiger partial charge in [0.15, 0.2) is 5.13 Å². The second-order valence-electron chi connectivity index (χ2n) is 6.74. The lowest BCUT2D eigenvalue weighted by atomic mass is 9.82. The van der Waals surface area contributed by atoms with E-state index in [1.54, 1.807) is 12.1 Å². The van der Waals surface area contributed by atoms with Gasteiger partial charge in [-0.05, 0) is 49.4 Å². The molecule has 134 valence electrons. The molecule has 0 aliphatic heterocycles. The van der Waals surface area contributed by atoms with Crippen LogP contribution in [0.2, 0.25) is 0 Å². The number of allylic oxidation sites excluding steroid dienone is 2. The lowest BCUT2D eigenvalue weighted by Gasteiger charge is -2.27. The second kappa shape index (κ2) is 6.32.